The average molecular weight is 288 g/mol. The molecule has 1 spiro atoms. The van der Waals surface area contributed by atoms with E-state index >= 15 is 0 Å². The zero-order valence-electron chi connectivity index (χ0n) is 12.2. The number of hydrogen-bond acceptors (Lipinski definition) is 3. The molecular formula is C16H20N2O3. The van der Waals surface area contributed by atoms with Gasteiger partial charge in [-0.25, -0.2) is 4.79 Å². The summed E-state index contributed by atoms with van der Waals surface area (Å²) < 4.78 is 5.14. The van der Waals surface area contributed by atoms with E-state index in [9.17, 15) is 9.59 Å². The minimum Gasteiger partial charge on any atom is -0.497 e. The summed E-state index contributed by atoms with van der Waals surface area (Å²) in [6.07, 6.45) is 4.67. The Kier molecular flexibility index (Phi) is 3.57. The number of hydrogen-bond donors (Lipinski definition) is 1. The molecule has 0 bridgehead atoms. The molecule has 1 saturated carbocycles. The molecule has 1 N–H and O–H groups in total. The van der Waals surface area contributed by atoms with Crippen molar-refractivity contribution in [3.8, 4) is 5.75 Å². The van der Waals surface area contributed by atoms with E-state index in [-0.39, 0.29) is 11.9 Å². The number of carbonyl (C=O) groups is 2. The highest BCUT2D eigenvalue weighted by molar-refractivity contribution is 6.07. The Bertz CT molecular complexity index is 547. The van der Waals surface area contributed by atoms with E-state index in [4.69, 9.17) is 4.74 Å². The molecule has 5 nitrogen and oxygen atoms in total. The first-order chi connectivity index (χ1) is 10.2. The van der Waals surface area contributed by atoms with Gasteiger partial charge in [-0.15, -0.1) is 0 Å². The van der Waals surface area contributed by atoms with Crippen molar-refractivity contribution in [2.24, 2.45) is 0 Å². The van der Waals surface area contributed by atoms with Crippen LogP contribution in [0.1, 0.15) is 37.7 Å². The van der Waals surface area contributed by atoms with E-state index in [2.05, 4.69) is 5.32 Å². The molecule has 1 aromatic rings. The second kappa shape index (κ2) is 5.39. The lowest BCUT2D eigenvalue weighted by atomic mass is 9.80. The summed E-state index contributed by atoms with van der Waals surface area (Å²) in [6, 6.07) is 7.35. The summed E-state index contributed by atoms with van der Waals surface area (Å²) in [7, 11) is 1.62. The fourth-order valence-electron chi connectivity index (χ4n) is 3.37. The third kappa shape index (κ3) is 2.37. The molecule has 1 aromatic carbocycles. The molecule has 3 amide bonds. The predicted octanol–water partition coefficient (Wildman–Crippen LogP) is 2.45. The minimum absolute atomic E-state index is 0.124. The largest absolute Gasteiger partial charge is 0.497 e. The predicted molar refractivity (Wildman–Crippen MR) is 77.9 cm³/mol. The van der Waals surface area contributed by atoms with Gasteiger partial charge in [-0.1, -0.05) is 31.4 Å². The maximum absolute atomic E-state index is 12.3. The van der Waals surface area contributed by atoms with Crippen LogP contribution in [-0.4, -0.2) is 29.5 Å². The lowest BCUT2D eigenvalue weighted by molar-refractivity contribution is -0.128. The van der Waals surface area contributed by atoms with Crippen LogP contribution in [0.5, 0.6) is 5.75 Å². The third-order valence-electron chi connectivity index (χ3n) is 4.59. The van der Waals surface area contributed by atoms with Crippen molar-refractivity contribution in [1.82, 2.24) is 10.2 Å². The highest BCUT2D eigenvalue weighted by atomic mass is 16.5. The molecule has 1 aliphatic carbocycles. The number of carbonyl (C=O) groups excluding carboxylic acids is 2. The summed E-state index contributed by atoms with van der Waals surface area (Å²) >= 11 is 0. The van der Waals surface area contributed by atoms with Gasteiger partial charge in [0.2, 0.25) is 0 Å². The monoisotopic (exact) mass is 288 g/mol. The van der Waals surface area contributed by atoms with E-state index in [1.54, 1.807) is 12.0 Å². The number of ether oxygens (including phenoxy) is 1. The van der Waals surface area contributed by atoms with Crippen LogP contribution in [0, 0.1) is 0 Å². The second-order valence-corrected chi connectivity index (χ2v) is 5.79. The van der Waals surface area contributed by atoms with Crippen molar-refractivity contribution < 1.29 is 14.3 Å². The summed E-state index contributed by atoms with van der Waals surface area (Å²) in [4.78, 5) is 26.1. The maximum Gasteiger partial charge on any atom is 0.325 e. The smallest absolute Gasteiger partial charge is 0.325 e. The van der Waals surface area contributed by atoms with E-state index in [0.29, 0.717) is 6.54 Å². The molecule has 0 unspecified atom stereocenters. The number of amides is 3. The van der Waals surface area contributed by atoms with E-state index in [1.165, 1.54) is 0 Å². The highest BCUT2D eigenvalue weighted by Gasteiger charge is 2.52. The Labute approximate surface area is 124 Å². The number of benzene rings is 1. The van der Waals surface area contributed by atoms with Crippen molar-refractivity contribution in [2.75, 3.05) is 7.11 Å². The Balaban J connectivity index is 1.84. The number of rotatable bonds is 3. The SMILES string of the molecule is COc1ccc(CN2C(=O)NC(=O)C23CCCCC3)cc1. The van der Waals surface area contributed by atoms with Crippen molar-refractivity contribution in [3.63, 3.8) is 0 Å². The molecule has 0 radical (unpaired) electrons. The number of urea groups is 1. The molecule has 1 saturated heterocycles. The summed E-state index contributed by atoms with van der Waals surface area (Å²) in [6.45, 7) is 0.460. The fourth-order valence-corrected chi connectivity index (χ4v) is 3.37. The molecule has 1 aliphatic heterocycles. The first-order valence-electron chi connectivity index (χ1n) is 7.42. The van der Waals surface area contributed by atoms with Gasteiger partial charge < -0.3 is 9.64 Å². The molecular weight excluding hydrogens is 268 g/mol. The fraction of sp³-hybridized carbons (Fsp3) is 0.500. The van der Waals surface area contributed by atoms with Crippen LogP contribution in [0.2, 0.25) is 0 Å². The van der Waals surface area contributed by atoms with Crippen molar-refractivity contribution in [2.45, 2.75) is 44.2 Å². The Morgan fingerprint density at radius 3 is 2.43 bits per heavy atom. The van der Waals surface area contributed by atoms with Gasteiger partial charge in [-0.05, 0) is 30.5 Å². The molecule has 21 heavy (non-hydrogen) atoms. The van der Waals surface area contributed by atoms with Gasteiger partial charge in [-0.2, -0.15) is 0 Å². The van der Waals surface area contributed by atoms with Crippen LogP contribution in [0.4, 0.5) is 4.79 Å². The first-order valence-corrected chi connectivity index (χ1v) is 7.42. The van der Waals surface area contributed by atoms with Crippen LogP contribution in [0.15, 0.2) is 24.3 Å². The van der Waals surface area contributed by atoms with Crippen molar-refractivity contribution in [1.29, 1.82) is 0 Å². The summed E-state index contributed by atoms with van der Waals surface area (Å²) in [5.41, 5.74) is 0.375. The molecule has 2 aliphatic rings. The van der Waals surface area contributed by atoms with Crippen molar-refractivity contribution in [3.05, 3.63) is 29.8 Å². The molecule has 3 rings (SSSR count). The van der Waals surface area contributed by atoms with Crippen molar-refractivity contribution >= 4 is 11.9 Å². The van der Waals surface area contributed by atoms with Gasteiger partial charge in [0.1, 0.15) is 11.3 Å². The normalized spacial score (nSPS) is 20.7. The first kappa shape index (κ1) is 13.9. The van der Waals surface area contributed by atoms with E-state index in [0.717, 1.165) is 43.4 Å². The zero-order valence-corrected chi connectivity index (χ0v) is 12.2. The second-order valence-electron chi connectivity index (χ2n) is 5.79. The lowest BCUT2D eigenvalue weighted by Crippen LogP contribution is -2.50. The lowest BCUT2D eigenvalue weighted by Gasteiger charge is -2.38. The topological polar surface area (TPSA) is 58.6 Å². The summed E-state index contributed by atoms with van der Waals surface area (Å²) in [5.74, 6) is 0.661. The Morgan fingerprint density at radius 2 is 1.81 bits per heavy atom. The van der Waals surface area contributed by atoms with Crippen LogP contribution < -0.4 is 10.1 Å². The van der Waals surface area contributed by atoms with E-state index < -0.39 is 5.54 Å². The maximum atomic E-state index is 12.3. The van der Waals surface area contributed by atoms with Gasteiger partial charge in [0.25, 0.3) is 5.91 Å². The number of imide groups is 1. The third-order valence-corrected chi connectivity index (χ3v) is 4.59. The molecule has 0 aromatic heterocycles. The van der Waals surface area contributed by atoms with Gasteiger partial charge in [0.05, 0.1) is 7.11 Å². The average Bonchev–Trinajstić information content (AvgIpc) is 2.73. The van der Waals surface area contributed by atoms with Gasteiger partial charge in [-0.3, -0.25) is 10.1 Å². The van der Waals surface area contributed by atoms with E-state index in [1.807, 2.05) is 24.3 Å². The number of nitrogens with zero attached hydrogens (tertiary/aromatic N) is 1. The number of methoxy groups -OCH3 is 1. The highest BCUT2D eigenvalue weighted by Crippen LogP contribution is 2.38. The minimum atomic E-state index is -0.630. The van der Waals surface area contributed by atoms with Crippen LogP contribution >= 0.6 is 0 Å². The van der Waals surface area contributed by atoms with Gasteiger partial charge in [0, 0.05) is 6.54 Å². The standard InChI is InChI=1S/C16H20N2O3/c1-21-13-7-5-12(6-8-13)11-18-15(20)17-14(19)16(18)9-3-2-4-10-16/h5-8H,2-4,9-11H2,1H3,(H,17,19,20). The van der Waals surface area contributed by atoms with Crippen LogP contribution in [0.25, 0.3) is 0 Å². The van der Waals surface area contributed by atoms with Gasteiger partial charge in [0.15, 0.2) is 0 Å². The van der Waals surface area contributed by atoms with Crippen LogP contribution in [-0.2, 0) is 11.3 Å². The van der Waals surface area contributed by atoms with Gasteiger partial charge >= 0.3 is 6.03 Å². The molecule has 112 valence electrons. The zero-order chi connectivity index (χ0) is 14.9. The Morgan fingerprint density at radius 1 is 1.14 bits per heavy atom. The summed E-state index contributed by atoms with van der Waals surface area (Å²) in [5, 5.41) is 2.49. The van der Waals surface area contributed by atoms with Crippen LogP contribution in [0.3, 0.4) is 0 Å². The molecule has 0 atom stereocenters. The quantitative estimate of drug-likeness (QED) is 0.869. The Hall–Kier alpha value is -2.04. The molecule has 1 heterocycles. The molecule has 2 fully saturated rings. The molecule has 5 heteroatoms. The number of nitrogens with one attached hydrogen (secondary N) is 1.